The molecule has 0 aliphatic heterocycles. The smallest absolute Gasteiger partial charge is 0.356 e. The van der Waals surface area contributed by atoms with Gasteiger partial charge < -0.3 is 9.67 Å². The zero-order valence-electron chi connectivity index (χ0n) is 15.4. The number of carboxylic acid groups (broad SMARTS) is 1. The fourth-order valence-corrected chi connectivity index (χ4v) is 3.87. The van der Waals surface area contributed by atoms with Crippen LogP contribution in [0.2, 0.25) is 15.2 Å². The van der Waals surface area contributed by atoms with Crippen molar-refractivity contribution in [2.45, 2.75) is 10.1 Å². The fraction of sp³-hybridized carbons (Fsp3) is 0.0588. The van der Waals surface area contributed by atoms with Gasteiger partial charge >= 0.3 is 5.97 Å². The lowest BCUT2D eigenvalue weighted by Gasteiger charge is -2.09. The van der Waals surface area contributed by atoms with Crippen LogP contribution < -0.4 is 5.43 Å². The summed E-state index contributed by atoms with van der Waals surface area (Å²) in [5.41, 5.74) is 2.21. The summed E-state index contributed by atoms with van der Waals surface area (Å²) in [4.78, 5) is 30.4. The molecular weight excluding hydrogens is 491 g/mol. The Kier molecular flexibility index (Phi) is 7.01. The van der Waals surface area contributed by atoms with Gasteiger partial charge in [-0.15, -0.1) is 0 Å². The van der Waals surface area contributed by atoms with Gasteiger partial charge in [0.2, 0.25) is 0 Å². The summed E-state index contributed by atoms with van der Waals surface area (Å²) in [6.07, 6.45) is 4.61. The van der Waals surface area contributed by atoms with Gasteiger partial charge in [0.1, 0.15) is 10.0 Å². The van der Waals surface area contributed by atoms with Gasteiger partial charge in [-0.2, -0.15) is 5.10 Å². The van der Waals surface area contributed by atoms with E-state index in [9.17, 15) is 14.9 Å². The number of hydrogen-bond donors (Lipinski definition) is 2. The van der Waals surface area contributed by atoms with Crippen LogP contribution in [0.1, 0.15) is 16.1 Å². The number of benzene rings is 1. The van der Waals surface area contributed by atoms with Crippen LogP contribution in [0.3, 0.4) is 0 Å². The first-order valence-electron chi connectivity index (χ1n) is 8.19. The highest BCUT2D eigenvalue weighted by molar-refractivity contribution is 7.99. The van der Waals surface area contributed by atoms with E-state index in [1.807, 2.05) is 0 Å². The number of nitrogens with one attached hydrogen (secondary N) is 1. The molecule has 2 aromatic heterocycles. The van der Waals surface area contributed by atoms with Gasteiger partial charge in [0, 0.05) is 31.1 Å². The van der Waals surface area contributed by atoms with Crippen LogP contribution in [0.4, 0.5) is 11.4 Å². The summed E-state index contributed by atoms with van der Waals surface area (Å²) < 4.78 is 1.74. The molecule has 0 amide bonds. The lowest BCUT2D eigenvalue weighted by Crippen LogP contribution is -2.05. The second kappa shape index (κ2) is 9.52. The van der Waals surface area contributed by atoms with Gasteiger partial charge in [0.25, 0.3) is 5.69 Å². The Bertz CT molecular complexity index is 1220. The molecule has 0 saturated heterocycles. The molecular formula is C17H11Cl3N6O4S. The lowest BCUT2D eigenvalue weighted by atomic mass is 10.2. The third-order valence-corrected chi connectivity index (χ3v) is 6.04. The van der Waals surface area contributed by atoms with E-state index in [0.717, 1.165) is 11.8 Å². The molecule has 0 bridgehead atoms. The Hall–Kier alpha value is -2.86. The average molecular weight is 502 g/mol. The molecule has 2 N–H and O–H groups in total. The van der Waals surface area contributed by atoms with Crippen LogP contribution >= 0.6 is 46.6 Å². The normalized spacial score (nSPS) is 11.1. The standard InChI is InChI=1S/C17H11Cl3N6O4S/c1-25-5-4-21-17(25)31-10-3-2-8(6-9(10)26(29)30)7-22-24-13-11(18)14(16(27)28)23-15(20)12(13)19/h2-7H,1H3,(H,23,24)(H,27,28)/b22-7-. The van der Waals surface area contributed by atoms with Crippen LogP contribution in [0.15, 0.2) is 45.7 Å². The molecule has 0 aliphatic carbocycles. The highest BCUT2D eigenvalue weighted by Crippen LogP contribution is 2.37. The number of aromatic nitrogens is 3. The number of hydrazone groups is 1. The highest BCUT2D eigenvalue weighted by Gasteiger charge is 2.21. The van der Waals surface area contributed by atoms with Crippen LogP contribution in [-0.4, -0.2) is 36.7 Å². The first-order chi connectivity index (χ1) is 14.7. The van der Waals surface area contributed by atoms with E-state index in [1.165, 1.54) is 12.3 Å². The highest BCUT2D eigenvalue weighted by atomic mass is 35.5. The minimum atomic E-state index is -1.40. The van der Waals surface area contributed by atoms with E-state index in [1.54, 1.807) is 36.1 Å². The number of imidazole rings is 1. The van der Waals surface area contributed by atoms with Crippen LogP contribution in [0, 0.1) is 10.1 Å². The largest absolute Gasteiger partial charge is 0.476 e. The number of anilines is 1. The SMILES string of the molecule is Cn1ccnc1Sc1ccc(/C=N\Nc2c(Cl)c(Cl)nc(C(=O)O)c2Cl)cc1[N+](=O)[O-]. The quantitative estimate of drug-likeness (QED) is 0.200. The Labute approximate surface area is 194 Å². The van der Waals surface area contributed by atoms with Crippen LogP contribution in [0.5, 0.6) is 0 Å². The molecule has 0 radical (unpaired) electrons. The molecule has 3 rings (SSSR count). The van der Waals surface area contributed by atoms with Crippen molar-refractivity contribution in [3.63, 3.8) is 0 Å². The number of aromatic carboxylic acids is 1. The lowest BCUT2D eigenvalue weighted by molar-refractivity contribution is -0.387. The van der Waals surface area contributed by atoms with Gasteiger partial charge in [0.15, 0.2) is 16.0 Å². The van der Waals surface area contributed by atoms with Gasteiger partial charge in [-0.1, -0.05) is 40.9 Å². The first-order valence-corrected chi connectivity index (χ1v) is 10.1. The van der Waals surface area contributed by atoms with Gasteiger partial charge in [0.05, 0.1) is 21.7 Å². The number of aryl methyl sites for hydroxylation is 1. The maximum atomic E-state index is 11.5. The van der Waals surface area contributed by atoms with Crippen LogP contribution in [-0.2, 0) is 7.05 Å². The Morgan fingerprint density at radius 1 is 1.35 bits per heavy atom. The molecule has 0 unspecified atom stereocenters. The van der Waals surface area contributed by atoms with E-state index in [2.05, 4.69) is 20.5 Å². The van der Waals surface area contributed by atoms with E-state index in [0.29, 0.717) is 15.6 Å². The van der Waals surface area contributed by atoms with Crippen molar-refractivity contribution in [1.29, 1.82) is 0 Å². The summed E-state index contributed by atoms with van der Waals surface area (Å²) in [5.74, 6) is -1.40. The van der Waals surface area contributed by atoms with Crippen molar-refractivity contribution in [3.8, 4) is 0 Å². The number of halogens is 3. The predicted molar refractivity (Wildman–Crippen MR) is 118 cm³/mol. The first kappa shape index (κ1) is 22.8. The van der Waals surface area contributed by atoms with E-state index in [4.69, 9.17) is 39.9 Å². The van der Waals surface area contributed by atoms with Crippen molar-refractivity contribution < 1.29 is 14.8 Å². The summed E-state index contributed by atoms with van der Waals surface area (Å²) in [7, 11) is 1.78. The number of hydrogen-bond acceptors (Lipinski definition) is 8. The number of nitrogens with zero attached hydrogens (tertiary/aromatic N) is 5. The Morgan fingerprint density at radius 3 is 2.71 bits per heavy atom. The number of rotatable bonds is 7. The van der Waals surface area contributed by atoms with Crippen molar-refractivity contribution in [1.82, 2.24) is 14.5 Å². The third kappa shape index (κ3) is 5.07. The van der Waals surface area contributed by atoms with Crippen LogP contribution in [0.25, 0.3) is 0 Å². The number of nitro groups is 1. The zero-order valence-corrected chi connectivity index (χ0v) is 18.5. The van der Waals surface area contributed by atoms with Crippen molar-refractivity contribution in [2.24, 2.45) is 12.1 Å². The molecule has 160 valence electrons. The molecule has 2 heterocycles. The molecule has 14 heteroatoms. The zero-order chi connectivity index (χ0) is 22.7. The summed E-state index contributed by atoms with van der Waals surface area (Å²) in [5, 5.41) is 24.5. The number of carboxylic acids is 1. The van der Waals surface area contributed by atoms with Crippen molar-refractivity contribution >= 4 is 70.1 Å². The minimum absolute atomic E-state index is 0.0616. The summed E-state index contributed by atoms with van der Waals surface area (Å²) in [6.45, 7) is 0. The second-order valence-corrected chi connectivity index (χ2v) is 7.96. The summed E-state index contributed by atoms with van der Waals surface area (Å²) in [6, 6.07) is 4.53. The topological polar surface area (TPSA) is 136 Å². The average Bonchev–Trinajstić information content (AvgIpc) is 3.12. The molecule has 0 fully saturated rings. The fourth-order valence-electron chi connectivity index (χ4n) is 2.32. The third-order valence-electron chi connectivity index (χ3n) is 3.79. The number of carbonyl (C=O) groups is 1. The summed E-state index contributed by atoms with van der Waals surface area (Å²) >= 11 is 19.0. The van der Waals surface area contributed by atoms with Gasteiger partial charge in [-0.3, -0.25) is 15.5 Å². The maximum absolute atomic E-state index is 11.5. The number of nitro benzene ring substituents is 1. The molecule has 0 saturated carbocycles. The Morgan fingerprint density at radius 2 is 2.10 bits per heavy atom. The molecule has 0 aliphatic rings. The number of pyridine rings is 1. The Balaban J connectivity index is 1.87. The molecule has 10 nitrogen and oxygen atoms in total. The van der Waals surface area contributed by atoms with Crippen molar-refractivity contribution in [2.75, 3.05) is 5.43 Å². The van der Waals surface area contributed by atoms with E-state index >= 15 is 0 Å². The predicted octanol–water partition coefficient (Wildman–Crippen LogP) is 4.98. The van der Waals surface area contributed by atoms with E-state index < -0.39 is 16.6 Å². The van der Waals surface area contributed by atoms with Crippen molar-refractivity contribution in [3.05, 3.63) is 67.2 Å². The minimum Gasteiger partial charge on any atom is -0.476 e. The molecule has 0 spiro atoms. The van der Waals surface area contributed by atoms with Gasteiger partial charge in [-0.25, -0.2) is 14.8 Å². The molecule has 1 aromatic carbocycles. The molecule has 31 heavy (non-hydrogen) atoms. The van der Waals surface area contributed by atoms with Gasteiger partial charge in [-0.05, 0) is 17.8 Å². The monoisotopic (exact) mass is 500 g/mol. The molecule has 3 aromatic rings. The second-order valence-electron chi connectivity index (χ2n) is 5.84. The maximum Gasteiger partial charge on any atom is 0.356 e. The van der Waals surface area contributed by atoms with E-state index in [-0.39, 0.29) is 26.6 Å². The molecule has 0 atom stereocenters.